The molecular formula is C41H56N6O13. The van der Waals surface area contributed by atoms with E-state index < -0.39 is 82.8 Å². The van der Waals surface area contributed by atoms with E-state index >= 15 is 0 Å². The maximum absolute atomic E-state index is 13.1. The summed E-state index contributed by atoms with van der Waals surface area (Å²) < 4.78 is 13.2. The van der Waals surface area contributed by atoms with Crippen LogP contribution in [0.4, 0.5) is 11.4 Å². The predicted molar refractivity (Wildman–Crippen MR) is 223 cm³/mol. The first-order valence-corrected chi connectivity index (χ1v) is 19.3. The van der Waals surface area contributed by atoms with Crippen molar-refractivity contribution in [3.8, 4) is 0 Å². The summed E-state index contributed by atoms with van der Waals surface area (Å²) in [5, 5.41) is 48.9. The zero-order chi connectivity index (χ0) is 45.5. The lowest BCUT2D eigenvalue weighted by atomic mass is 9.95. The third-order valence-electron chi connectivity index (χ3n) is 10.0. The average Bonchev–Trinajstić information content (AvgIpc) is 3.16. The molecule has 0 aliphatic heterocycles. The molecule has 0 aliphatic rings. The minimum Gasteiger partial charge on any atom is -0.476 e. The first-order chi connectivity index (χ1) is 27.9. The Labute approximate surface area is 346 Å². The molecule has 0 radical (unpaired) electrons. The van der Waals surface area contributed by atoms with Crippen molar-refractivity contribution >= 4 is 57.3 Å². The van der Waals surface area contributed by atoms with Crippen LogP contribution in [0.2, 0.25) is 0 Å². The molecule has 19 heteroatoms. The Balaban J connectivity index is 0.000000327. The quantitative estimate of drug-likeness (QED) is 0.101. The molecule has 0 amide bonds. The second-order valence-corrected chi connectivity index (χ2v) is 15.0. The molecule has 2 aromatic carbocycles. The number of carbonyl (C=O) groups excluding carboxylic acids is 2. The fraction of sp³-hybridized carbons (Fsp3) is 0.512. The Morgan fingerprint density at radius 1 is 0.667 bits per heavy atom. The number of carbonyl (C=O) groups is 4. The number of esters is 2. The van der Waals surface area contributed by atoms with E-state index in [9.17, 15) is 54.3 Å². The number of rotatable bonds is 16. The topological polar surface area (TPSA) is 264 Å². The van der Waals surface area contributed by atoms with Crippen LogP contribution in [0.25, 0.3) is 22.1 Å². The number of aliphatic hydroxyl groups excluding tert-OH is 3. The van der Waals surface area contributed by atoms with Crippen molar-refractivity contribution in [2.75, 3.05) is 38.0 Å². The summed E-state index contributed by atoms with van der Waals surface area (Å²) in [4.78, 5) is 84.0. The Morgan fingerprint density at radius 3 is 1.42 bits per heavy atom. The van der Waals surface area contributed by atoms with Gasteiger partial charge >= 0.3 is 23.9 Å². The summed E-state index contributed by atoms with van der Waals surface area (Å²) in [6.07, 6.45) is -4.84. The van der Waals surface area contributed by atoms with Gasteiger partial charge in [-0.3, -0.25) is 19.2 Å². The lowest BCUT2D eigenvalue weighted by Gasteiger charge is -2.30. The van der Waals surface area contributed by atoms with Crippen LogP contribution in [-0.2, 0) is 32.2 Å². The van der Waals surface area contributed by atoms with Gasteiger partial charge in [-0.05, 0) is 62.1 Å². The number of fused-ring (bicyclic) bond motifs is 2. The molecule has 0 saturated heterocycles. The van der Waals surface area contributed by atoms with Crippen LogP contribution in [0.3, 0.4) is 0 Å². The van der Waals surface area contributed by atoms with E-state index in [1.807, 2.05) is 58.8 Å². The van der Waals surface area contributed by atoms with Crippen molar-refractivity contribution in [3.05, 3.63) is 67.5 Å². The number of benzene rings is 2. The van der Waals surface area contributed by atoms with Crippen LogP contribution in [0, 0.1) is 19.8 Å². The van der Waals surface area contributed by atoms with Crippen molar-refractivity contribution in [1.29, 1.82) is 0 Å². The number of aliphatic hydroxyl groups is 3. The van der Waals surface area contributed by atoms with Crippen molar-refractivity contribution in [3.63, 3.8) is 0 Å². The van der Waals surface area contributed by atoms with Gasteiger partial charge in [-0.15, -0.1) is 0 Å². The van der Waals surface area contributed by atoms with Gasteiger partial charge in [0.15, 0.2) is 0 Å². The van der Waals surface area contributed by atoms with Gasteiger partial charge in [0.1, 0.15) is 24.4 Å². The molecule has 0 fully saturated rings. The van der Waals surface area contributed by atoms with E-state index in [4.69, 9.17) is 9.47 Å². The van der Waals surface area contributed by atoms with Gasteiger partial charge in [-0.2, -0.15) is 0 Å². The second-order valence-electron chi connectivity index (χ2n) is 15.0. The number of ether oxygens (including phenoxy) is 2. The van der Waals surface area contributed by atoms with Crippen LogP contribution < -0.4 is 20.9 Å². The Kier molecular flexibility index (Phi) is 16.4. The van der Waals surface area contributed by atoms with Crippen LogP contribution in [0.5, 0.6) is 0 Å². The third-order valence-corrected chi connectivity index (χ3v) is 10.0. The molecule has 4 aromatic rings. The van der Waals surface area contributed by atoms with E-state index in [0.29, 0.717) is 23.0 Å². The minimum atomic E-state index is -1.48. The molecule has 0 saturated carbocycles. The van der Waals surface area contributed by atoms with Gasteiger partial charge in [-0.1, -0.05) is 20.8 Å². The lowest BCUT2D eigenvalue weighted by Crippen LogP contribution is -2.42. The molecule has 0 unspecified atom stereocenters. The highest BCUT2D eigenvalue weighted by atomic mass is 16.6. The Morgan fingerprint density at radius 2 is 1.07 bits per heavy atom. The van der Waals surface area contributed by atoms with Crippen LogP contribution in [0.1, 0.15) is 79.6 Å². The van der Waals surface area contributed by atoms with Gasteiger partial charge < -0.3 is 53.9 Å². The number of aromatic carboxylic acids is 2. The lowest BCUT2D eigenvalue weighted by molar-refractivity contribution is -0.159. The molecule has 5 N–H and O–H groups in total. The number of hydrogen-bond acceptors (Lipinski definition) is 15. The first kappa shape index (κ1) is 48.4. The maximum Gasteiger partial charge on any atom is 0.360 e. The Hall–Kier alpha value is -5.92. The van der Waals surface area contributed by atoms with Crippen molar-refractivity contribution in [2.45, 2.75) is 105 Å². The summed E-state index contributed by atoms with van der Waals surface area (Å²) in [5.41, 5.74) is 1.67. The third kappa shape index (κ3) is 11.2. The molecule has 2 aromatic heterocycles. The SMILES string of the molecule is CC[C@@H](O)[C@@H](O)[C@@H](O)Cn1c(=O)c(C(=O)O)nc2cc(C)c(N(C)C)cc21.CC[C@@H](OC(C)=O)[C@@H](C)[C@H](Cn1c(=O)c(C(=O)O)nc2cc(C)c(N(C)C)cc21)OC(C)=O. The van der Waals surface area contributed by atoms with Crippen LogP contribution >= 0.6 is 0 Å². The minimum absolute atomic E-state index is 0.132. The summed E-state index contributed by atoms with van der Waals surface area (Å²) in [6.45, 7) is 11.0. The van der Waals surface area contributed by atoms with Gasteiger partial charge in [0, 0.05) is 59.3 Å². The van der Waals surface area contributed by atoms with E-state index in [1.165, 1.54) is 18.4 Å². The molecule has 0 bridgehead atoms. The highest BCUT2D eigenvalue weighted by molar-refractivity contribution is 5.90. The van der Waals surface area contributed by atoms with Crippen molar-refractivity contribution in [2.24, 2.45) is 5.92 Å². The van der Waals surface area contributed by atoms with Crippen LogP contribution in [0.15, 0.2) is 33.9 Å². The molecule has 0 aliphatic carbocycles. The number of carboxylic acid groups (broad SMARTS) is 2. The molecule has 2 heterocycles. The summed E-state index contributed by atoms with van der Waals surface area (Å²) in [6, 6.07) is 6.81. The van der Waals surface area contributed by atoms with Gasteiger partial charge in [0.25, 0.3) is 11.1 Å². The molecule has 6 atom stereocenters. The predicted octanol–water partition coefficient (Wildman–Crippen LogP) is 2.34. The van der Waals surface area contributed by atoms with E-state index in [1.54, 1.807) is 38.1 Å². The molecule has 19 nitrogen and oxygen atoms in total. The van der Waals surface area contributed by atoms with Gasteiger partial charge in [-0.25, -0.2) is 19.6 Å². The number of aryl methyl sites for hydroxylation is 2. The van der Waals surface area contributed by atoms with E-state index in [2.05, 4.69) is 9.97 Å². The smallest absolute Gasteiger partial charge is 0.360 e. The second kappa shape index (κ2) is 20.4. The number of aromatic nitrogens is 4. The zero-order valence-electron chi connectivity index (χ0n) is 35.8. The van der Waals surface area contributed by atoms with Crippen molar-refractivity contribution < 1.29 is 54.2 Å². The number of hydrogen-bond donors (Lipinski definition) is 5. The summed E-state index contributed by atoms with van der Waals surface area (Å²) in [7, 11) is 7.35. The highest BCUT2D eigenvalue weighted by Crippen LogP contribution is 2.27. The average molecular weight is 841 g/mol. The number of carboxylic acids is 2. The Bertz CT molecular complexity index is 2360. The summed E-state index contributed by atoms with van der Waals surface area (Å²) >= 11 is 0. The fourth-order valence-electron chi connectivity index (χ4n) is 6.88. The van der Waals surface area contributed by atoms with Crippen molar-refractivity contribution in [1.82, 2.24) is 19.1 Å². The molecule has 60 heavy (non-hydrogen) atoms. The van der Waals surface area contributed by atoms with Gasteiger partial charge in [0.2, 0.25) is 11.4 Å². The molecular weight excluding hydrogens is 784 g/mol. The standard InChI is InChI=1S/C23H31N3O7.C18H25N3O6/c1-8-19(32-14(4)27)13(3)20(33-15(5)28)11-26-18-10-17(25(6)7)12(2)9-16(18)24-21(22(26)29)23(30)31;1-5-13(22)16(24)14(23)8-21-12-7-11(20(3)4)9(2)6-10(12)19-15(17(21)25)18(26)27/h9-10,13,19-20H,8,11H2,1-7H3,(H,30,31);6-7,13-14,16,22-24H,5,8H2,1-4H3,(H,26,27)/t13-,19-,20+;13-,14+,16-/m11/s1. The monoisotopic (exact) mass is 840 g/mol. The zero-order valence-corrected chi connectivity index (χ0v) is 35.8. The van der Waals surface area contributed by atoms with E-state index in [-0.39, 0.29) is 25.0 Å². The number of anilines is 2. The van der Waals surface area contributed by atoms with Crippen LogP contribution in [-0.4, -0.2) is 127 Å². The van der Waals surface area contributed by atoms with Gasteiger partial charge in [0.05, 0.1) is 41.3 Å². The summed E-state index contributed by atoms with van der Waals surface area (Å²) in [5.74, 6) is -4.44. The molecule has 0 spiro atoms. The van der Waals surface area contributed by atoms with E-state index in [0.717, 1.165) is 27.1 Å². The molecule has 4 rings (SSSR count). The first-order valence-electron chi connectivity index (χ1n) is 19.3. The maximum atomic E-state index is 13.1. The molecule has 328 valence electrons. The normalized spacial score (nSPS) is 14.2. The number of nitrogens with zero attached hydrogens (tertiary/aromatic N) is 6. The largest absolute Gasteiger partial charge is 0.476 e. The highest BCUT2D eigenvalue weighted by Gasteiger charge is 2.32. The fourth-order valence-corrected chi connectivity index (χ4v) is 6.88.